The summed E-state index contributed by atoms with van der Waals surface area (Å²) in [5.41, 5.74) is 15.3. The minimum absolute atomic E-state index is 0.0325. The van der Waals surface area contributed by atoms with E-state index in [1.165, 1.54) is 27.9 Å². The van der Waals surface area contributed by atoms with Gasteiger partial charge in [-0.3, -0.25) is 0 Å². The monoisotopic (exact) mass is 266 g/mol. The van der Waals surface area contributed by atoms with Crippen molar-refractivity contribution < 1.29 is 0 Å². The molecule has 102 valence electrons. The maximum absolute atomic E-state index is 8.53. The van der Waals surface area contributed by atoms with Gasteiger partial charge in [0.25, 0.3) is 0 Å². The van der Waals surface area contributed by atoms with Gasteiger partial charge in [0.1, 0.15) is 0 Å². The van der Waals surface area contributed by atoms with Gasteiger partial charge in [-0.05, 0) is 40.8 Å². The highest BCUT2D eigenvalue weighted by molar-refractivity contribution is 5.75. The van der Waals surface area contributed by atoms with E-state index in [1.807, 2.05) is 6.92 Å². The first-order valence-corrected chi connectivity index (χ1v) is 7.07. The van der Waals surface area contributed by atoms with Crippen LogP contribution in [0.4, 0.5) is 0 Å². The fraction of sp³-hybridized carbons (Fsp3) is 0.375. The van der Waals surface area contributed by atoms with Crippen molar-refractivity contribution in [2.24, 2.45) is 5.11 Å². The van der Waals surface area contributed by atoms with Crippen LogP contribution < -0.4 is 0 Å². The fourth-order valence-electron chi connectivity index (χ4n) is 2.97. The van der Waals surface area contributed by atoms with Crippen molar-refractivity contribution in [2.45, 2.75) is 39.3 Å². The molecule has 4 heteroatoms. The molecule has 1 aromatic carbocycles. The summed E-state index contributed by atoms with van der Waals surface area (Å²) >= 11 is 0. The standard InChI is InChI=1S/C16H18N4/c1-3-12-4-5-13-9-14-6-7-20(10-11(2)18-19-17)16(14)15(13)8-12/h4-8,11H,3,9-10H2,1-2H3/t11-/m0/s1. The van der Waals surface area contributed by atoms with E-state index in [4.69, 9.17) is 5.53 Å². The first-order valence-electron chi connectivity index (χ1n) is 7.07. The minimum Gasteiger partial charge on any atom is -0.347 e. The van der Waals surface area contributed by atoms with Crippen LogP contribution in [0.3, 0.4) is 0 Å². The van der Waals surface area contributed by atoms with Gasteiger partial charge in [-0.15, -0.1) is 0 Å². The SMILES string of the molecule is CCc1ccc2c(c1)-c1c(ccn1C[C@H](C)N=[N+]=[N-])C2. The summed E-state index contributed by atoms with van der Waals surface area (Å²) in [7, 11) is 0. The van der Waals surface area contributed by atoms with Gasteiger partial charge in [0.15, 0.2) is 0 Å². The van der Waals surface area contributed by atoms with Crippen LogP contribution in [-0.2, 0) is 19.4 Å². The van der Waals surface area contributed by atoms with Gasteiger partial charge in [-0.2, -0.15) is 0 Å². The molecular formula is C16H18N4. The van der Waals surface area contributed by atoms with Crippen molar-refractivity contribution >= 4 is 0 Å². The number of azide groups is 1. The molecule has 0 saturated carbocycles. The number of fused-ring (bicyclic) bond motifs is 3. The summed E-state index contributed by atoms with van der Waals surface area (Å²) in [5.74, 6) is 0. The Balaban J connectivity index is 2.01. The molecule has 2 aromatic rings. The summed E-state index contributed by atoms with van der Waals surface area (Å²) in [6, 6.07) is 8.92. The van der Waals surface area contributed by atoms with E-state index < -0.39 is 0 Å². The molecule has 0 spiro atoms. The van der Waals surface area contributed by atoms with Crippen LogP contribution in [0.25, 0.3) is 21.7 Å². The number of benzene rings is 1. The Morgan fingerprint density at radius 1 is 1.35 bits per heavy atom. The molecule has 0 bridgehead atoms. The van der Waals surface area contributed by atoms with E-state index >= 15 is 0 Å². The molecule has 0 amide bonds. The van der Waals surface area contributed by atoms with Crippen molar-refractivity contribution in [1.29, 1.82) is 0 Å². The summed E-state index contributed by atoms with van der Waals surface area (Å²) in [4.78, 5) is 2.89. The number of aromatic nitrogens is 1. The molecule has 0 aliphatic heterocycles. The number of rotatable bonds is 4. The van der Waals surface area contributed by atoms with Crippen LogP contribution in [0.15, 0.2) is 35.6 Å². The molecule has 1 heterocycles. The van der Waals surface area contributed by atoms with Crippen molar-refractivity contribution in [2.75, 3.05) is 0 Å². The highest BCUT2D eigenvalue weighted by Crippen LogP contribution is 2.38. The maximum atomic E-state index is 8.53. The summed E-state index contributed by atoms with van der Waals surface area (Å²) in [5, 5.41) is 3.77. The third-order valence-corrected chi connectivity index (χ3v) is 3.98. The Morgan fingerprint density at radius 2 is 2.20 bits per heavy atom. The van der Waals surface area contributed by atoms with E-state index in [0.717, 1.165) is 19.4 Å². The Kier molecular flexibility index (Phi) is 3.25. The van der Waals surface area contributed by atoms with Crippen molar-refractivity contribution in [1.82, 2.24) is 4.57 Å². The quantitative estimate of drug-likeness (QED) is 0.383. The first-order chi connectivity index (χ1) is 9.72. The van der Waals surface area contributed by atoms with Gasteiger partial charge in [-0.1, -0.05) is 31.1 Å². The van der Waals surface area contributed by atoms with Gasteiger partial charge in [0.05, 0.1) is 11.7 Å². The molecule has 1 aromatic heterocycles. The molecule has 1 aliphatic carbocycles. The van der Waals surface area contributed by atoms with Crippen LogP contribution in [0.5, 0.6) is 0 Å². The molecule has 0 fully saturated rings. The smallest absolute Gasteiger partial charge is 0.0525 e. The lowest BCUT2D eigenvalue weighted by molar-refractivity contribution is 0.594. The lowest BCUT2D eigenvalue weighted by atomic mass is 10.0. The van der Waals surface area contributed by atoms with Gasteiger partial charge in [0, 0.05) is 29.6 Å². The molecule has 1 atom stereocenters. The summed E-state index contributed by atoms with van der Waals surface area (Å²) < 4.78 is 2.22. The van der Waals surface area contributed by atoms with Crippen LogP contribution in [-0.4, -0.2) is 10.6 Å². The van der Waals surface area contributed by atoms with Crippen LogP contribution in [0, 0.1) is 0 Å². The van der Waals surface area contributed by atoms with Gasteiger partial charge in [0.2, 0.25) is 0 Å². The van der Waals surface area contributed by atoms with Crippen LogP contribution >= 0.6 is 0 Å². The number of aryl methyl sites for hydroxylation is 1. The van der Waals surface area contributed by atoms with E-state index in [1.54, 1.807) is 0 Å². The summed E-state index contributed by atoms with van der Waals surface area (Å²) in [6.07, 6.45) is 4.17. The Bertz CT molecular complexity index is 692. The number of hydrogen-bond donors (Lipinski definition) is 0. The molecule has 1 aliphatic rings. The number of nitrogens with zero attached hydrogens (tertiary/aromatic N) is 4. The highest BCUT2D eigenvalue weighted by atomic mass is 15.2. The van der Waals surface area contributed by atoms with E-state index in [2.05, 4.69) is 52.0 Å². The fourth-order valence-corrected chi connectivity index (χ4v) is 2.97. The van der Waals surface area contributed by atoms with Gasteiger partial charge in [-0.25, -0.2) is 0 Å². The third kappa shape index (κ3) is 2.08. The van der Waals surface area contributed by atoms with Crippen LogP contribution in [0.1, 0.15) is 30.5 Å². The average Bonchev–Trinajstić information content (AvgIpc) is 2.98. The molecular weight excluding hydrogens is 248 g/mol. The average molecular weight is 266 g/mol. The molecule has 0 radical (unpaired) electrons. The predicted molar refractivity (Wildman–Crippen MR) is 80.7 cm³/mol. The zero-order valence-electron chi connectivity index (χ0n) is 11.9. The lowest BCUT2D eigenvalue weighted by Crippen LogP contribution is -2.09. The highest BCUT2D eigenvalue weighted by Gasteiger charge is 2.22. The second-order valence-electron chi connectivity index (χ2n) is 5.42. The lowest BCUT2D eigenvalue weighted by Gasteiger charge is -2.12. The molecule has 4 nitrogen and oxygen atoms in total. The van der Waals surface area contributed by atoms with Gasteiger partial charge >= 0.3 is 0 Å². The second-order valence-corrected chi connectivity index (χ2v) is 5.42. The molecule has 0 unspecified atom stereocenters. The zero-order chi connectivity index (χ0) is 14.1. The largest absolute Gasteiger partial charge is 0.347 e. The molecule has 0 saturated heterocycles. The van der Waals surface area contributed by atoms with E-state index in [9.17, 15) is 0 Å². The Labute approximate surface area is 118 Å². The Morgan fingerprint density at radius 3 is 2.95 bits per heavy atom. The Hall–Kier alpha value is -2.19. The van der Waals surface area contributed by atoms with Crippen LogP contribution in [0.2, 0.25) is 0 Å². The van der Waals surface area contributed by atoms with E-state index in [-0.39, 0.29) is 6.04 Å². The second kappa shape index (κ2) is 5.06. The topological polar surface area (TPSA) is 53.7 Å². The van der Waals surface area contributed by atoms with Gasteiger partial charge < -0.3 is 4.57 Å². The third-order valence-electron chi connectivity index (χ3n) is 3.98. The zero-order valence-corrected chi connectivity index (χ0v) is 11.9. The van der Waals surface area contributed by atoms with E-state index in [0.29, 0.717) is 0 Å². The van der Waals surface area contributed by atoms with Crippen molar-refractivity contribution in [3.8, 4) is 11.3 Å². The minimum atomic E-state index is -0.0325. The number of hydrogen-bond acceptors (Lipinski definition) is 1. The van der Waals surface area contributed by atoms with Crippen molar-refractivity contribution in [3.63, 3.8) is 0 Å². The normalized spacial score (nSPS) is 13.5. The summed E-state index contributed by atoms with van der Waals surface area (Å²) in [6.45, 7) is 4.86. The molecule has 0 N–H and O–H groups in total. The van der Waals surface area contributed by atoms with Crippen molar-refractivity contribution in [3.05, 3.63) is 57.6 Å². The maximum Gasteiger partial charge on any atom is 0.0525 e. The molecule has 3 rings (SSSR count). The predicted octanol–water partition coefficient (Wildman–Crippen LogP) is 4.32. The molecule has 20 heavy (non-hydrogen) atoms. The first kappa shape index (κ1) is 12.8.